The van der Waals surface area contributed by atoms with Crippen molar-refractivity contribution in [3.05, 3.63) is 11.9 Å². The maximum absolute atomic E-state index is 4.58. The number of nitrogens with zero attached hydrogens (tertiary/aromatic N) is 2. The van der Waals surface area contributed by atoms with Crippen molar-refractivity contribution in [3.8, 4) is 0 Å². The zero-order valence-corrected chi connectivity index (χ0v) is 14.0. The molecule has 0 aliphatic heterocycles. The molecule has 0 aliphatic carbocycles. The number of rotatable bonds is 10. The number of nitrogens with one attached hydrogen (secondary N) is 2. The Morgan fingerprint density at radius 2 is 1.75 bits per heavy atom. The molecule has 0 aromatic carbocycles. The van der Waals surface area contributed by atoms with E-state index in [-0.39, 0.29) is 0 Å². The van der Waals surface area contributed by atoms with Gasteiger partial charge >= 0.3 is 0 Å². The van der Waals surface area contributed by atoms with E-state index in [1.54, 1.807) is 0 Å². The summed E-state index contributed by atoms with van der Waals surface area (Å²) in [4.78, 5) is 9.14. The molecule has 0 saturated carbocycles. The van der Waals surface area contributed by atoms with Crippen molar-refractivity contribution in [1.82, 2.24) is 9.97 Å². The van der Waals surface area contributed by atoms with Crippen molar-refractivity contribution >= 4 is 23.4 Å². The predicted molar refractivity (Wildman–Crippen MR) is 90.9 cm³/mol. The molecule has 0 bridgehead atoms. The van der Waals surface area contributed by atoms with Crippen LogP contribution in [-0.4, -0.2) is 34.6 Å². The quantitative estimate of drug-likeness (QED) is 0.687. The number of hydrogen-bond donors (Lipinski definition) is 2. The molecule has 20 heavy (non-hydrogen) atoms. The smallest absolute Gasteiger partial charge is 0.133 e. The van der Waals surface area contributed by atoms with Crippen molar-refractivity contribution in [2.24, 2.45) is 0 Å². The van der Waals surface area contributed by atoms with Crippen molar-refractivity contribution in [2.75, 3.05) is 30.0 Å². The zero-order chi connectivity index (χ0) is 14.8. The summed E-state index contributed by atoms with van der Waals surface area (Å²) in [7, 11) is 0. The van der Waals surface area contributed by atoms with Gasteiger partial charge in [-0.25, -0.2) is 9.97 Å². The lowest BCUT2D eigenvalue weighted by atomic mass is 10.3. The first-order valence-corrected chi connectivity index (χ1v) is 8.86. The van der Waals surface area contributed by atoms with E-state index < -0.39 is 0 Å². The second kappa shape index (κ2) is 9.86. The van der Waals surface area contributed by atoms with Crippen LogP contribution in [0.25, 0.3) is 0 Å². The van der Waals surface area contributed by atoms with E-state index in [1.807, 2.05) is 17.8 Å². The number of aryl methyl sites for hydroxylation is 1. The molecule has 5 heteroatoms. The summed E-state index contributed by atoms with van der Waals surface area (Å²) in [6.07, 6.45) is 6.40. The number of anilines is 2. The van der Waals surface area contributed by atoms with Crippen LogP contribution in [0.4, 0.5) is 11.6 Å². The molecule has 0 radical (unpaired) electrons. The molecule has 114 valence electrons. The Morgan fingerprint density at radius 3 is 2.30 bits per heavy atom. The molecule has 0 aliphatic rings. The minimum atomic E-state index is 0.678. The van der Waals surface area contributed by atoms with Crippen LogP contribution in [0.15, 0.2) is 6.07 Å². The van der Waals surface area contributed by atoms with E-state index in [9.17, 15) is 0 Å². The van der Waals surface area contributed by atoms with Crippen LogP contribution in [0.5, 0.6) is 0 Å². The number of thioether (sulfide) groups is 1. The Balaban J connectivity index is 2.64. The molecule has 1 aromatic rings. The van der Waals surface area contributed by atoms with Gasteiger partial charge in [-0.15, -0.1) is 0 Å². The third kappa shape index (κ3) is 6.46. The summed E-state index contributed by atoms with van der Waals surface area (Å²) in [6.45, 7) is 8.47. The van der Waals surface area contributed by atoms with Gasteiger partial charge in [-0.3, -0.25) is 0 Å². The summed E-state index contributed by atoms with van der Waals surface area (Å²) in [5.41, 5.74) is 0. The van der Waals surface area contributed by atoms with Gasteiger partial charge in [0, 0.05) is 30.8 Å². The Hall–Kier alpha value is -0.970. The van der Waals surface area contributed by atoms with Gasteiger partial charge in [0.05, 0.1) is 0 Å². The molecule has 4 nitrogen and oxygen atoms in total. The van der Waals surface area contributed by atoms with E-state index in [1.165, 1.54) is 0 Å². The molecular weight excluding hydrogens is 268 g/mol. The lowest BCUT2D eigenvalue weighted by Gasteiger charge is -2.12. The average Bonchev–Trinajstić information content (AvgIpc) is 2.45. The van der Waals surface area contributed by atoms with E-state index in [0.29, 0.717) is 5.25 Å². The maximum Gasteiger partial charge on any atom is 0.133 e. The molecule has 2 N–H and O–H groups in total. The molecule has 0 saturated heterocycles. The van der Waals surface area contributed by atoms with Gasteiger partial charge < -0.3 is 10.6 Å². The molecule has 1 aromatic heterocycles. The Labute approximate surface area is 127 Å². The molecular formula is C15H28N4S. The fraction of sp³-hybridized carbons (Fsp3) is 0.733. The highest BCUT2D eigenvalue weighted by atomic mass is 32.2. The first-order valence-electron chi connectivity index (χ1n) is 7.58. The largest absolute Gasteiger partial charge is 0.370 e. The lowest BCUT2D eigenvalue weighted by Crippen LogP contribution is -2.12. The van der Waals surface area contributed by atoms with Crippen LogP contribution in [-0.2, 0) is 6.42 Å². The third-order valence-corrected chi connectivity index (χ3v) is 4.10. The third-order valence-electron chi connectivity index (χ3n) is 3.06. The van der Waals surface area contributed by atoms with Crippen LogP contribution in [0.1, 0.15) is 45.9 Å². The minimum Gasteiger partial charge on any atom is -0.370 e. The topological polar surface area (TPSA) is 49.8 Å². The summed E-state index contributed by atoms with van der Waals surface area (Å²) in [5.74, 6) is 2.80. The van der Waals surface area contributed by atoms with E-state index in [2.05, 4.69) is 47.6 Å². The van der Waals surface area contributed by atoms with Crippen LogP contribution < -0.4 is 10.6 Å². The monoisotopic (exact) mass is 296 g/mol. The van der Waals surface area contributed by atoms with Gasteiger partial charge in [0.1, 0.15) is 17.5 Å². The normalized spacial score (nSPS) is 12.2. The van der Waals surface area contributed by atoms with E-state index in [4.69, 9.17) is 0 Å². The summed E-state index contributed by atoms with van der Waals surface area (Å²) < 4.78 is 0. The van der Waals surface area contributed by atoms with Gasteiger partial charge in [0.15, 0.2) is 0 Å². The SMILES string of the molecule is CCCNc1cc(NCCC(C)SC)nc(CCC)n1. The van der Waals surface area contributed by atoms with E-state index >= 15 is 0 Å². The highest BCUT2D eigenvalue weighted by Gasteiger charge is 2.05. The van der Waals surface area contributed by atoms with Crippen molar-refractivity contribution in [3.63, 3.8) is 0 Å². The summed E-state index contributed by atoms with van der Waals surface area (Å²) in [6, 6.07) is 2.01. The standard InChI is InChI=1S/C15H28N4S/c1-5-7-13-18-14(16-9-6-2)11-15(19-13)17-10-8-12(3)20-4/h11-12H,5-10H2,1-4H3,(H2,16,17,18,19). The summed E-state index contributed by atoms with van der Waals surface area (Å²) >= 11 is 1.90. The second-order valence-corrected chi connectivity index (χ2v) is 6.27. The highest BCUT2D eigenvalue weighted by molar-refractivity contribution is 7.99. The average molecular weight is 296 g/mol. The lowest BCUT2D eigenvalue weighted by molar-refractivity contribution is 0.820. The van der Waals surface area contributed by atoms with Crippen LogP contribution in [0, 0.1) is 0 Å². The number of aromatic nitrogens is 2. The molecule has 0 spiro atoms. The zero-order valence-electron chi connectivity index (χ0n) is 13.2. The molecule has 0 amide bonds. The van der Waals surface area contributed by atoms with Crippen LogP contribution in [0.2, 0.25) is 0 Å². The molecule has 1 unspecified atom stereocenters. The Bertz CT molecular complexity index is 384. The first-order chi connectivity index (χ1) is 9.69. The fourth-order valence-electron chi connectivity index (χ4n) is 1.79. The van der Waals surface area contributed by atoms with E-state index in [0.717, 1.165) is 56.2 Å². The second-order valence-electron chi connectivity index (χ2n) is 4.99. The van der Waals surface area contributed by atoms with Crippen molar-refractivity contribution in [1.29, 1.82) is 0 Å². The molecule has 1 atom stereocenters. The summed E-state index contributed by atoms with van der Waals surface area (Å²) in [5, 5.41) is 7.45. The van der Waals surface area contributed by atoms with Gasteiger partial charge in [-0.1, -0.05) is 20.8 Å². The van der Waals surface area contributed by atoms with Gasteiger partial charge in [-0.2, -0.15) is 11.8 Å². The van der Waals surface area contributed by atoms with Crippen molar-refractivity contribution in [2.45, 2.75) is 51.7 Å². The highest BCUT2D eigenvalue weighted by Crippen LogP contribution is 2.14. The predicted octanol–water partition coefficient (Wildman–Crippen LogP) is 3.80. The van der Waals surface area contributed by atoms with Gasteiger partial charge in [0.25, 0.3) is 0 Å². The number of hydrogen-bond acceptors (Lipinski definition) is 5. The first kappa shape index (κ1) is 17.1. The molecule has 1 rings (SSSR count). The fourth-order valence-corrected chi connectivity index (χ4v) is 2.14. The van der Waals surface area contributed by atoms with Gasteiger partial charge in [0.2, 0.25) is 0 Å². The van der Waals surface area contributed by atoms with Gasteiger partial charge in [-0.05, 0) is 25.5 Å². The van der Waals surface area contributed by atoms with Crippen LogP contribution in [0.3, 0.4) is 0 Å². The Morgan fingerprint density at radius 1 is 1.10 bits per heavy atom. The maximum atomic E-state index is 4.58. The van der Waals surface area contributed by atoms with Crippen molar-refractivity contribution < 1.29 is 0 Å². The van der Waals surface area contributed by atoms with Crippen LogP contribution >= 0.6 is 11.8 Å². The minimum absolute atomic E-state index is 0.678. The molecule has 1 heterocycles. The Kier molecular flexibility index (Phi) is 8.42. The molecule has 0 fully saturated rings.